The number of ether oxygens (including phenoxy) is 3. The van der Waals surface area contributed by atoms with Gasteiger partial charge in [0.2, 0.25) is 0 Å². The molecular weight excluding hydrogens is 450 g/mol. The zero-order chi connectivity index (χ0) is 24.6. The van der Waals surface area contributed by atoms with Crippen LogP contribution in [0.4, 0.5) is 11.4 Å². The molecule has 1 aliphatic rings. The normalized spacial score (nSPS) is 20.0. The summed E-state index contributed by atoms with van der Waals surface area (Å²) in [5, 5.41) is 0. The van der Waals surface area contributed by atoms with Gasteiger partial charge in [0.15, 0.2) is 16.4 Å². The van der Waals surface area contributed by atoms with Gasteiger partial charge in [-0.2, -0.15) is 0 Å². The van der Waals surface area contributed by atoms with Crippen molar-refractivity contribution in [1.29, 1.82) is 0 Å². The number of carbonyl (C=O) groups excluding carboxylic acids is 1. The molecule has 2 atom stereocenters. The predicted octanol–water partition coefficient (Wildman–Crippen LogP) is 6.00. The number of hydrogen-bond donors (Lipinski definition) is 0. The van der Waals surface area contributed by atoms with Crippen molar-refractivity contribution < 1.29 is 23.6 Å². The van der Waals surface area contributed by atoms with E-state index in [1.807, 2.05) is 24.3 Å². The molecule has 2 unspecified atom stereocenters. The molecule has 0 spiro atoms. The third kappa shape index (κ3) is 6.07. The van der Waals surface area contributed by atoms with Crippen LogP contribution in [0.25, 0.3) is 0 Å². The fraction of sp³-hybridized carbons (Fsp3) is 0.444. The minimum absolute atomic E-state index is 0.0756. The van der Waals surface area contributed by atoms with Crippen LogP contribution in [0.15, 0.2) is 59.7 Å². The summed E-state index contributed by atoms with van der Waals surface area (Å²) in [6.45, 7) is 7.20. The van der Waals surface area contributed by atoms with E-state index in [9.17, 15) is 9.35 Å². The lowest BCUT2D eigenvalue weighted by molar-refractivity contribution is -0.137. The van der Waals surface area contributed by atoms with Crippen LogP contribution >= 0.6 is 0 Å². The Kier molecular flexibility index (Phi) is 9.30. The first-order valence-electron chi connectivity index (χ1n) is 11.9. The van der Waals surface area contributed by atoms with Gasteiger partial charge in [0.1, 0.15) is 11.4 Å². The van der Waals surface area contributed by atoms with Crippen LogP contribution in [0.3, 0.4) is 0 Å². The van der Waals surface area contributed by atoms with Crippen molar-refractivity contribution in [2.75, 3.05) is 30.9 Å². The second-order valence-electron chi connectivity index (χ2n) is 8.51. The van der Waals surface area contributed by atoms with Gasteiger partial charge in [-0.3, -0.25) is 0 Å². The number of anilines is 2. The lowest BCUT2D eigenvalue weighted by Crippen LogP contribution is -2.37. The Labute approximate surface area is 206 Å². The number of benzene rings is 2. The molecule has 6 nitrogen and oxygen atoms in total. The lowest BCUT2D eigenvalue weighted by atomic mass is 9.81. The van der Waals surface area contributed by atoms with Gasteiger partial charge >= 0.3 is 5.97 Å². The van der Waals surface area contributed by atoms with Crippen molar-refractivity contribution in [3.05, 3.63) is 54.8 Å². The molecule has 1 heterocycles. The molecule has 0 bridgehead atoms. The molecule has 1 aliphatic heterocycles. The Morgan fingerprint density at radius 2 is 1.94 bits per heavy atom. The fourth-order valence-corrected chi connectivity index (χ4v) is 6.08. The molecule has 0 saturated heterocycles. The van der Waals surface area contributed by atoms with Crippen LogP contribution in [0.1, 0.15) is 46.5 Å². The number of carbonyl (C=O) groups is 1. The van der Waals surface area contributed by atoms with E-state index in [2.05, 4.69) is 30.9 Å². The third-order valence-corrected chi connectivity index (χ3v) is 7.97. The zero-order valence-corrected chi connectivity index (χ0v) is 21.4. The first-order chi connectivity index (χ1) is 16.5. The summed E-state index contributed by atoms with van der Waals surface area (Å²) in [5.41, 5.74) is 1.83. The van der Waals surface area contributed by atoms with Crippen molar-refractivity contribution in [2.24, 2.45) is 5.41 Å². The van der Waals surface area contributed by atoms with E-state index in [4.69, 9.17) is 14.2 Å². The number of rotatable bonds is 10. The Morgan fingerprint density at radius 1 is 1.18 bits per heavy atom. The number of unbranched alkanes of at least 4 members (excludes halogenated alkanes) is 1. The molecule has 0 aliphatic carbocycles. The molecule has 0 radical (unpaired) electrons. The van der Waals surface area contributed by atoms with Crippen LogP contribution in [-0.4, -0.2) is 36.5 Å². The average molecular weight is 486 g/mol. The molecule has 0 amide bonds. The quantitative estimate of drug-likeness (QED) is 0.178. The zero-order valence-electron chi connectivity index (χ0n) is 20.5. The van der Waals surface area contributed by atoms with E-state index in [1.54, 1.807) is 20.1 Å². The van der Waals surface area contributed by atoms with Gasteiger partial charge in [-0.25, -0.2) is 4.79 Å². The number of methoxy groups -OCH3 is 1. The number of hydrogen-bond acceptors (Lipinski definition) is 6. The molecule has 7 heteroatoms. The Morgan fingerprint density at radius 3 is 2.59 bits per heavy atom. The molecule has 184 valence electrons. The van der Waals surface area contributed by atoms with E-state index in [1.165, 1.54) is 12.3 Å². The number of nitrogens with zero attached hydrogens (tertiary/aromatic N) is 1. The summed E-state index contributed by atoms with van der Waals surface area (Å²) in [6, 6.07) is 13.9. The molecule has 3 rings (SSSR count). The maximum Gasteiger partial charge on any atom is 0.333 e. The predicted molar refractivity (Wildman–Crippen MR) is 136 cm³/mol. The molecule has 34 heavy (non-hydrogen) atoms. The highest BCUT2D eigenvalue weighted by Crippen LogP contribution is 2.47. The average Bonchev–Trinajstić information content (AvgIpc) is 2.97. The number of esters is 1. The van der Waals surface area contributed by atoms with Crippen LogP contribution in [0.2, 0.25) is 0 Å². The summed E-state index contributed by atoms with van der Waals surface area (Å²) >= 11 is -1.23. The smallest absolute Gasteiger partial charge is 0.333 e. The highest BCUT2D eigenvalue weighted by molar-refractivity contribution is 7.91. The van der Waals surface area contributed by atoms with Gasteiger partial charge in [0.25, 0.3) is 0 Å². The maximum atomic E-state index is 13.7. The monoisotopic (exact) mass is 485 g/mol. The van der Waals surface area contributed by atoms with Crippen LogP contribution < -0.4 is 14.4 Å². The van der Waals surface area contributed by atoms with Gasteiger partial charge in [0, 0.05) is 29.8 Å². The molecular formula is C27H35NO5S. The summed E-state index contributed by atoms with van der Waals surface area (Å²) in [6.07, 6.45) is 6.65. The van der Waals surface area contributed by atoms with E-state index in [0.29, 0.717) is 22.1 Å². The van der Waals surface area contributed by atoms with E-state index in [0.717, 1.165) is 43.6 Å². The van der Waals surface area contributed by atoms with Crippen LogP contribution in [0.5, 0.6) is 11.5 Å². The van der Waals surface area contributed by atoms with E-state index < -0.39 is 17.1 Å². The largest absolute Gasteiger partial charge is 0.611 e. The minimum atomic E-state index is -1.23. The van der Waals surface area contributed by atoms with Crippen LogP contribution in [0, 0.1) is 5.41 Å². The molecule has 0 N–H and O–H groups in total. The van der Waals surface area contributed by atoms with Gasteiger partial charge in [0.05, 0.1) is 26.1 Å². The highest BCUT2D eigenvalue weighted by atomic mass is 32.2. The van der Waals surface area contributed by atoms with Gasteiger partial charge in [-0.1, -0.05) is 44.9 Å². The SMILES string of the molecule is CCCCC1(CC)CN(c2ccccc2)c2cc(OC)c(O/C=C\C(=O)OCC)cc2[S+]([O-])C1. The standard InChI is InChI=1S/C27H35NO5S/c1-5-8-15-27(6-2)19-28(21-12-10-9-11-13-21)22-17-23(31-4)24(18-25(22)34(30)20-27)33-16-14-26(29)32-7-3/h9-14,16-18H,5-8,15,19-20H2,1-4H3/b16-14-. The minimum Gasteiger partial charge on any atom is -0.611 e. The Balaban J connectivity index is 2.07. The first kappa shape index (κ1) is 26.0. The second-order valence-corrected chi connectivity index (χ2v) is 9.93. The summed E-state index contributed by atoms with van der Waals surface area (Å²) in [5.74, 6) is 1.01. The molecule has 0 aromatic heterocycles. The number of fused-ring (bicyclic) bond motifs is 1. The molecule has 0 fully saturated rings. The van der Waals surface area contributed by atoms with Crippen molar-refractivity contribution in [1.82, 2.24) is 0 Å². The fourth-order valence-electron chi connectivity index (χ4n) is 4.28. The van der Waals surface area contributed by atoms with Crippen LogP contribution in [-0.2, 0) is 20.7 Å². The van der Waals surface area contributed by atoms with E-state index >= 15 is 0 Å². The topological polar surface area (TPSA) is 71.1 Å². The van der Waals surface area contributed by atoms with Gasteiger partial charge in [-0.15, -0.1) is 0 Å². The number of para-hydroxylation sites is 1. The lowest BCUT2D eigenvalue weighted by Gasteiger charge is -2.35. The van der Waals surface area contributed by atoms with Crippen molar-refractivity contribution >= 4 is 28.5 Å². The third-order valence-electron chi connectivity index (χ3n) is 6.28. The highest BCUT2D eigenvalue weighted by Gasteiger charge is 2.42. The molecule has 0 saturated carbocycles. The van der Waals surface area contributed by atoms with Crippen molar-refractivity contribution in [2.45, 2.75) is 51.3 Å². The summed E-state index contributed by atoms with van der Waals surface area (Å²) in [7, 11) is 1.57. The van der Waals surface area contributed by atoms with Crippen molar-refractivity contribution in [3.63, 3.8) is 0 Å². The Hall–Kier alpha value is -2.64. The van der Waals surface area contributed by atoms with Crippen molar-refractivity contribution in [3.8, 4) is 11.5 Å². The summed E-state index contributed by atoms with van der Waals surface area (Å²) in [4.78, 5) is 14.6. The second kappa shape index (κ2) is 12.2. The maximum absolute atomic E-state index is 13.7. The van der Waals surface area contributed by atoms with E-state index in [-0.39, 0.29) is 12.0 Å². The molecule has 2 aromatic rings. The molecule has 2 aromatic carbocycles. The first-order valence-corrected chi connectivity index (χ1v) is 13.2. The summed E-state index contributed by atoms with van der Waals surface area (Å²) < 4.78 is 30.0. The Bertz CT molecular complexity index is 980. The van der Waals surface area contributed by atoms with Gasteiger partial charge in [-0.05, 0) is 43.1 Å². The van der Waals surface area contributed by atoms with Gasteiger partial charge < -0.3 is 23.7 Å².